The van der Waals surface area contributed by atoms with Crippen LogP contribution in [0.15, 0.2) is 75.9 Å². The molecule has 1 aliphatic heterocycles. The molecule has 0 aliphatic carbocycles. The summed E-state index contributed by atoms with van der Waals surface area (Å²) in [6.07, 6.45) is 0. The van der Waals surface area contributed by atoms with Crippen LogP contribution in [0.1, 0.15) is 44.4 Å². The predicted molar refractivity (Wildman–Crippen MR) is 118 cm³/mol. The first-order valence-corrected chi connectivity index (χ1v) is 9.99. The number of hydrogen-bond acceptors (Lipinski definition) is 3. The van der Waals surface area contributed by atoms with Crippen LogP contribution in [0.2, 0.25) is 0 Å². The van der Waals surface area contributed by atoms with Crippen molar-refractivity contribution in [2.24, 2.45) is 0 Å². The minimum atomic E-state index is -0.530. The summed E-state index contributed by atoms with van der Waals surface area (Å²) in [7, 11) is 0. The van der Waals surface area contributed by atoms with E-state index >= 15 is 0 Å². The van der Waals surface area contributed by atoms with Gasteiger partial charge in [0.25, 0.3) is 5.91 Å². The van der Waals surface area contributed by atoms with Gasteiger partial charge < -0.3 is 4.42 Å². The largest absolute Gasteiger partial charge is 0.450 e. The van der Waals surface area contributed by atoms with Gasteiger partial charge in [0, 0.05) is 5.69 Å². The number of carbonyl (C=O) groups is 1. The van der Waals surface area contributed by atoms with Gasteiger partial charge in [-0.2, -0.15) is 0 Å². The molecule has 0 bridgehead atoms. The van der Waals surface area contributed by atoms with Crippen LogP contribution in [-0.4, -0.2) is 5.91 Å². The minimum absolute atomic E-state index is 0.130. The van der Waals surface area contributed by atoms with Gasteiger partial charge in [0.1, 0.15) is 5.58 Å². The lowest BCUT2D eigenvalue weighted by molar-refractivity contribution is 0.0971. The number of fused-ring (bicyclic) bond motifs is 2. The van der Waals surface area contributed by atoms with Crippen molar-refractivity contribution in [3.8, 4) is 0 Å². The van der Waals surface area contributed by atoms with E-state index in [0.29, 0.717) is 16.5 Å². The molecule has 1 atom stereocenters. The number of rotatable bonds is 2. The van der Waals surface area contributed by atoms with E-state index in [2.05, 4.69) is 0 Å². The predicted octanol–water partition coefficient (Wildman–Crippen LogP) is 5.47. The van der Waals surface area contributed by atoms with E-state index in [1.807, 2.05) is 87.5 Å². The molecule has 4 aromatic rings. The van der Waals surface area contributed by atoms with Crippen LogP contribution in [0.25, 0.3) is 11.0 Å². The lowest BCUT2D eigenvalue weighted by atomic mass is 9.96. The van der Waals surface area contributed by atoms with E-state index in [-0.39, 0.29) is 17.1 Å². The number of para-hydroxylation sites is 1. The fourth-order valence-electron chi connectivity index (χ4n) is 4.15. The highest BCUT2D eigenvalue weighted by molar-refractivity contribution is 6.10. The third-order valence-electron chi connectivity index (χ3n) is 5.91. The van der Waals surface area contributed by atoms with Crippen LogP contribution in [0, 0.1) is 20.8 Å². The molecule has 0 saturated heterocycles. The standard InChI is InChI=1S/C26H21NO3/c1-15-9-11-18(12-10-15)23-22-24(28)20-13-16(2)17(3)14-21(20)30-25(22)26(29)27(23)19-7-5-4-6-8-19/h4-14,23H,1-3H3. The summed E-state index contributed by atoms with van der Waals surface area (Å²) in [5, 5.41) is 0.511. The van der Waals surface area contributed by atoms with Gasteiger partial charge in [-0.05, 0) is 61.7 Å². The average molecular weight is 395 g/mol. The van der Waals surface area contributed by atoms with Gasteiger partial charge in [0.05, 0.1) is 17.0 Å². The molecule has 1 amide bonds. The Morgan fingerprint density at radius 2 is 1.50 bits per heavy atom. The molecule has 4 heteroatoms. The monoisotopic (exact) mass is 395 g/mol. The highest BCUT2D eigenvalue weighted by Crippen LogP contribution is 2.41. The first-order valence-electron chi connectivity index (χ1n) is 9.99. The number of carbonyl (C=O) groups excluding carboxylic acids is 1. The van der Waals surface area contributed by atoms with Crippen LogP contribution < -0.4 is 10.3 Å². The lowest BCUT2D eigenvalue weighted by Gasteiger charge is -2.25. The molecular weight excluding hydrogens is 374 g/mol. The molecule has 2 heterocycles. The van der Waals surface area contributed by atoms with Crippen LogP contribution in [0.3, 0.4) is 0 Å². The molecule has 0 fully saturated rings. The van der Waals surface area contributed by atoms with Crippen molar-refractivity contribution in [1.29, 1.82) is 0 Å². The molecule has 0 spiro atoms. The fraction of sp³-hybridized carbons (Fsp3) is 0.154. The number of benzene rings is 3. The molecule has 30 heavy (non-hydrogen) atoms. The summed E-state index contributed by atoms with van der Waals surface area (Å²) in [5.41, 5.74) is 5.48. The zero-order valence-electron chi connectivity index (χ0n) is 17.1. The Hall–Kier alpha value is -3.66. The van der Waals surface area contributed by atoms with Gasteiger partial charge in [-0.1, -0.05) is 48.0 Å². The number of aryl methyl sites for hydroxylation is 3. The van der Waals surface area contributed by atoms with Crippen molar-refractivity contribution in [2.75, 3.05) is 4.90 Å². The van der Waals surface area contributed by atoms with E-state index < -0.39 is 6.04 Å². The Morgan fingerprint density at radius 1 is 0.833 bits per heavy atom. The summed E-state index contributed by atoms with van der Waals surface area (Å²) in [6, 6.07) is 20.5. The van der Waals surface area contributed by atoms with Crippen molar-refractivity contribution < 1.29 is 9.21 Å². The normalized spacial score (nSPS) is 15.6. The maximum Gasteiger partial charge on any atom is 0.295 e. The Bertz CT molecular complexity index is 1350. The second-order valence-corrected chi connectivity index (χ2v) is 7.93. The second kappa shape index (κ2) is 6.70. The minimum Gasteiger partial charge on any atom is -0.450 e. The quantitative estimate of drug-likeness (QED) is 0.452. The third-order valence-corrected chi connectivity index (χ3v) is 5.91. The Kier molecular flexibility index (Phi) is 4.10. The molecule has 1 aliphatic rings. The molecule has 0 radical (unpaired) electrons. The summed E-state index contributed by atoms with van der Waals surface area (Å²) in [5.74, 6) is -0.163. The van der Waals surface area contributed by atoms with Crippen LogP contribution in [0.4, 0.5) is 5.69 Å². The summed E-state index contributed by atoms with van der Waals surface area (Å²) in [6.45, 7) is 5.95. The Balaban J connectivity index is 1.83. The summed E-state index contributed by atoms with van der Waals surface area (Å²) >= 11 is 0. The maximum absolute atomic E-state index is 13.6. The van der Waals surface area contributed by atoms with Gasteiger partial charge in [-0.3, -0.25) is 14.5 Å². The lowest BCUT2D eigenvalue weighted by Crippen LogP contribution is -2.29. The van der Waals surface area contributed by atoms with Crippen LogP contribution in [0.5, 0.6) is 0 Å². The summed E-state index contributed by atoms with van der Waals surface area (Å²) < 4.78 is 6.07. The first-order chi connectivity index (χ1) is 14.5. The third kappa shape index (κ3) is 2.68. The molecule has 5 rings (SSSR count). The van der Waals surface area contributed by atoms with Crippen molar-refractivity contribution in [1.82, 2.24) is 0 Å². The van der Waals surface area contributed by atoms with Crippen molar-refractivity contribution in [3.05, 3.63) is 111 Å². The number of hydrogen-bond donors (Lipinski definition) is 0. The summed E-state index contributed by atoms with van der Waals surface area (Å²) in [4.78, 5) is 28.8. The molecule has 1 unspecified atom stereocenters. The smallest absolute Gasteiger partial charge is 0.295 e. The first kappa shape index (κ1) is 18.4. The second-order valence-electron chi connectivity index (χ2n) is 7.93. The Morgan fingerprint density at radius 3 is 2.20 bits per heavy atom. The van der Waals surface area contributed by atoms with Crippen LogP contribution in [-0.2, 0) is 0 Å². The van der Waals surface area contributed by atoms with Crippen molar-refractivity contribution in [2.45, 2.75) is 26.8 Å². The van der Waals surface area contributed by atoms with Crippen molar-refractivity contribution >= 4 is 22.6 Å². The van der Waals surface area contributed by atoms with Gasteiger partial charge in [-0.15, -0.1) is 0 Å². The van der Waals surface area contributed by atoms with Crippen molar-refractivity contribution in [3.63, 3.8) is 0 Å². The van der Waals surface area contributed by atoms with Gasteiger partial charge >= 0.3 is 0 Å². The molecule has 3 aromatic carbocycles. The average Bonchev–Trinajstić information content (AvgIpc) is 3.04. The zero-order chi connectivity index (χ0) is 21.0. The van der Waals surface area contributed by atoms with E-state index in [1.165, 1.54) is 0 Å². The highest BCUT2D eigenvalue weighted by atomic mass is 16.3. The van der Waals surface area contributed by atoms with E-state index in [1.54, 1.807) is 4.90 Å². The van der Waals surface area contributed by atoms with E-state index in [9.17, 15) is 9.59 Å². The molecule has 4 nitrogen and oxygen atoms in total. The topological polar surface area (TPSA) is 50.5 Å². The SMILES string of the molecule is Cc1ccc(C2c3c(oc4cc(C)c(C)cc4c3=O)C(=O)N2c2ccccc2)cc1. The number of amides is 1. The molecular formula is C26H21NO3. The van der Waals surface area contributed by atoms with E-state index in [4.69, 9.17) is 4.42 Å². The Labute approximate surface area is 174 Å². The zero-order valence-corrected chi connectivity index (χ0v) is 17.1. The molecule has 0 N–H and O–H groups in total. The highest BCUT2D eigenvalue weighted by Gasteiger charge is 2.43. The number of anilines is 1. The van der Waals surface area contributed by atoms with E-state index in [0.717, 1.165) is 27.9 Å². The molecule has 148 valence electrons. The van der Waals surface area contributed by atoms with Gasteiger partial charge in [-0.25, -0.2) is 0 Å². The molecule has 0 saturated carbocycles. The fourth-order valence-corrected chi connectivity index (χ4v) is 4.15. The maximum atomic E-state index is 13.6. The van der Waals surface area contributed by atoms with Gasteiger partial charge in [0.15, 0.2) is 5.43 Å². The number of nitrogens with zero attached hydrogens (tertiary/aromatic N) is 1. The van der Waals surface area contributed by atoms with Crippen LogP contribution >= 0.6 is 0 Å². The molecule has 1 aromatic heterocycles. The van der Waals surface area contributed by atoms with Gasteiger partial charge in [0.2, 0.25) is 5.76 Å².